The maximum Gasteiger partial charge on any atom is 0.231 e. The summed E-state index contributed by atoms with van der Waals surface area (Å²) in [5.41, 5.74) is 2.31. The van der Waals surface area contributed by atoms with Crippen LogP contribution in [0.1, 0.15) is 42.6 Å². The second kappa shape index (κ2) is 5.01. The molecule has 0 aromatic heterocycles. The molecule has 6 rings (SSSR count). The Kier molecular flexibility index (Phi) is 2.87. The molecule has 2 aromatic rings. The van der Waals surface area contributed by atoms with E-state index in [0.717, 1.165) is 45.4 Å². The summed E-state index contributed by atoms with van der Waals surface area (Å²) in [6.45, 7) is 4.34. The first-order chi connectivity index (χ1) is 13.0. The third-order valence-corrected chi connectivity index (χ3v) is 5.90. The first kappa shape index (κ1) is 15.5. The van der Waals surface area contributed by atoms with Gasteiger partial charge >= 0.3 is 0 Å². The largest absolute Gasteiger partial charge is 0.492 e. The summed E-state index contributed by atoms with van der Waals surface area (Å²) >= 11 is 0. The predicted octanol–water partition coefficient (Wildman–Crippen LogP) is 3.10. The Balaban J connectivity index is 1.38. The van der Waals surface area contributed by atoms with Gasteiger partial charge in [0.05, 0.1) is 18.1 Å². The molecular formula is C21H20O6. The molecular weight excluding hydrogens is 348 g/mol. The van der Waals surface area contributed by atoms with Gasteiger partial charge in [-0.15, -0.1) is 0 Å². The summed E-state index contributed by atoms with van der Waals surface area (Å²) in [5, 5.41) is 10.3. The molecule has 1 N–H and O–H groups in total. The summed E-state index contributed by atoms with van der Waals surface area (Å²) in [4.78, 5) is 0. The van der Waals surface area contributed by atoms with Crippen molar-refractivity contribution in [2.24, 2.45) is 0 Å². The van der Waals surface area contributed by atoms with Crippen molar-refractivity contribution in [3.05, 3.63) is 41.0 Å². The van der Waals surface area contributed by atoms with Crippen LogP contribution in [-0.4, -0.2) is 30.2 Å². The summed E-state index contributed by atoms with van der Waals surface area (Å²) in [7, 11) is 0. The third-order valence-electron chi connectivity index (χ3n) is 5.90. The number of benzene rings is 2. The molecule has 0 saturated carbocycles. The first-order valence-electron chi connectivity index (χ1n) is 9.26. The van der Waals surface area contributed by atoms with E-state index in [2.05, 4.69) is 6.07 Å². The van der Waals surface area contributed by atoms with Gasteiger partial charge in [0.1, 0.15) is 29.5 Å². The van der Waals surface area contributed by atoms with Crippen molar-refractivity contribution in [1.29, 1.82) is 0 Å². The quantitative estimate of drug-likeness (QED) is 0.834. The minimum Gasteiger partial charge on any atom is -0.492 e. The second-order valence-electron chi connectivity index (χ2n) is 8.16. The summed E-state index contributed by atoms with van der Waals surface area (Å²) in [5.74, 6) is 4.02. The highest BCUT2D eigenvalue weighted by Gasteiger charge is 2.44. The van der Waals surface area contributed by atoms with E-state index in [0.29, 0.717) is 13.0 Å². The van der Waals surface area contributed by atoms with Crippen LogP contribution in [0.2, 0.25) is 0 Å². The van der Waals surface area contributed by atoms with E-state index in [-0.39, 0.29) is 24.9 Å². The number of rotatable bonds is 1. The maximum atomic E-state index is 10.3. The SMILES string of the molecule is CC(C)(O)C1Cc2cc3c(cc2O1)OCC1c2cc4c(cc2OC31)OCO4. The van der Waals surface area contributed by atoms with Crippen LogP contribution in [0, 0.1) is 0 Å². The molecule has 6 nitrogen and oxygen atoms in total. The Labute approximate surface area is 156 Å². The van der Waals surface area contributed by atoms with E-state index in [1.165, 1.54) is 0 Å². The molecule has 0 fully saturated rings. The van der Waals surface area contributed by atoms with Crippen molar-refractivity contribution in [1.82, 2.24) is 0 Å². The van der Waals surface area contributed by atoms with Gasteiger partial charge < -0.3 is 28.8 Å². The zero-order valence-corrected chi connectivity index (χ0v) is 15.2. The van der Waals surface area contributed by atoms with Gasteiger partial charge in [0.2, 0.25) is 6.79 Å². The van der Waals surface area contributed by atoms with E-state index in [9.17, 15) is 5.11 Å². The van der Waals surface area contributed by atoms with E-state index in [1.54, 1.807) is 13.8 Å². The fraction of sp³-hybridized carbons (Fsp3) is 0.429. The van der Waals surface area contributed by atoms with E-state index >= 15 is 0 Å². The molecule has 3 atom stereocenters. The molecule has 0 radical (unpaired) electrons. The van der Waals surface area contributed by atoms with Crippen LogP contribution in [0.4, 0.5) is 0 Å². The topological polar surface area (TPSA) is 66.4 Å². The normalized spacial score (nSPS) is 26.3. The molecule has 140 valence electrons. The molecule has 2 aromatic carbocycles. The minimum atomic E-state index is -0.899. The van der Waals surface area contributed by atoms with Gasteiger partial charge in [-0.3, -0.25) is 0 Å². The van der Waals surface area contributed by atoms with Crippen LogP contribution >= 0.6 is 0 Å². The lowest BCUT2D eigenvalue weighted by Crippen LogP contribution is -2.39. The molecule has 4 aliphatic heterocycles. The van der Waals surface area contributed by atoms with Crippen LogP contribution in [0.15, 0.2) is 24.3 Å². The van der Waals surface area contributed by atoms with Gasteiger partial charge in [0, 0.05) is 29.7 Å². The number of hydrogen-bond donors (Lipinski definition) is 1. The predicted molar refractivity (Wildman–Crippen MR) is 95.0 cm³/mol. The highest BCUT2D eigenvalue weighted by atomic mass is 16.7. The third kappa shape index (κ3) is 2.16. The van der Waals surface area contributed by atoms with Gasteiger partial charge in [-0.05, 0) is 31.5 Å². The molecule has 0 amide bonds. The van der Waals surface area contributed by atoms with Crippen molar-refractivity contribution in [3.63, 3.8) is 0 Å². The van der Waals surface area contributed by atoms with E-state index in [1.807, 2.05) is 18.2 Å². The lowest BCUT2D eigenvalue weighted by atomic mass is 9.87. The van der Waals surface area contributed by atoms with E-state index in [4.69, 9.17) is 23.7 Å². The average molecular weight is 368 g/mol. The number of fused-ring (bicyclic) bond motifs is 7. The number of hydrogen-bond acceptors (Lipinski definition) is 6. The highest BCUT2D eigenvalue weighted by molar-refractivity contribution is 5.59. The van der Waals surface area contributed by atoms with Crippen molar-refractivity contribution in [3.8, 4) is 28.7 Å². The van der Waals surface area contributed by atoms with Crippen molar-refractivity contribution >= 4 is 0 Å². The highest BCUT2D eigenvalue weighted by Crippen LogP contribution is 2.55. The molecule has 27 heavy (non-hydrogen) atoms. The van der Waals surface area contributed by atoms with Gasteiger partial charge in [0.25, 0.3) is 0 Å². The summed E-state index contributed by atoms with van der Waals surface area (Å²) in [6.07, 6.45) is 0.316. The molecule has 3 unspecified atom stereocenters. The Morgan fingerprint density at radius 2 is 1.63 bits per heavy atom. The Bertz CT molecular complexity index is 960. The van der Waals surface area contributed by atoms with E-state index < -0.39 is 5.60 Å². The second-order valence-corrected chi connectivity index (χ2v) is 8.16. The van der Waals surface area contributed by atoms with Crippen LogP contribution in [-0.2, 0) is 6.42 Å². The van der Waals surface area contributed by atoms with Crippen molar-refractivity contribution in [2.45, 2.75) is 44.0 Å². The molecule has 0 bridgehead atoms. The van der Waals surface area contributed by atoms with Crippen molar-refractivity contribution < 1.29 is 28.8 Å². The Morgan fingerprint density at radius 3 is 2.44 bits per heavy atom. The fourth-order valence-electron chi connectivity index (χ4n) is 4.38. The van der Waals surface area contributed by atoms with Gasteiger partial charge in [0.15, 0.2) is 11.5 Å². The molecule has 6 heteroatoms. The fourth-order valence-corrected chi connectivity index (χ4v) is 4.38. The van der Waals surface area contributed by atoms with Crippen LogP contribution < -0.4 is 23.7 Å². The Hall–Kier alpha value is -2.60. The molecule has 0 saturated heterocycles. The van der Waals surface area contributed by atoms with Crippen molar-refractivity contribution in [2.75, 3.05) is 13.4 Å². The summed E-state index contributed by atoms with van der Waals surface area (Å²) < 4.78 is 29.3. The monoisotopic (exact) mass is 368 g/mol. The van der Waals surface area contributed by atoms with Crippen LogP contribution in [0.3, 0.4) is 0 Å². The standard InChI is InChI=1S/C21H20O6/c1-21(2,22)19-4-10-3-12-15(6-14(10)26-19)23-8-13-11-5-17-18(25-9-24-17)7-16(11)27-20(12)13/h3,5-7,13,19-20,22H,4,8-9H2,1-2H3. The van der Waals surface area contributed by atoms with Gasteiger partial charge in [-0.25, -0.2) is 0 Å². The average Bonchev–Trinajstić information content (AvgIpc) is 3.32. The molecule has 0 spiro atoms. The number of ether oxygens (including phenoxy) is 5. The zero-order valence-electron chi connectivity index (χ0n) is 15.2. The first-order valence-corrected chi connectivity index (χ1v) is 9.26. The molecule has 4 aliphatic rings. The lowest BCUT2D eigenvalue weighted by Gasteiger charge is -2.28. The maximum absolute atomic E-state index is 10.3. The Morgan fingerprint density at radius 1 is 0.852 bits per heavy atom. The number of aliphatic hydroxyl groups is 1. The van der Waals surface area contributed by atoms with Crippen LogP contribution in [0.25, 0.3) is 0 Å². The summed E-state index contributed by atoms with van der Waals surface area (Å²) in [6, 6.07) is 7.97. The molecule has 4 heterocycles. The molecule has 0 aliphatic carbocycles. The van der Waals surface area contributed by atoms with Gasteiger partial charge in [-0.1, -0.05) is 0 Å². The lowest BCUT2D eigenvalue weighted by molar-refractivity contribution is -0.0230. The smallest absolute Gasteiger partial charge is 0.231 e. The van der Waals surface area contributed by atoms with Crippen LogP contribution in [0.5, 0.6) is 28.7 Å². The zero-order chi connectivity index (χ0) is 18.3. The minimum absolute atomic E-state index is 0.0993. The van der Waals surface area contributed by atoms with Gasteiger partial charge in [-0.2, -0.15) is 0 Å².